The first-order chi connectivity index (χ1) is 72.9. The molecule has 0 atom stereocenters. The van der Waals surface area contributed by atoms with E-state index in [4.69, 9.17) is 39.9 Å². The van der Waals surface area contributed by atoms with Crippen molar-refractivity contribution >= 4 is 129 Å². The Balaban J connectivity index is 0.000000105. The number of hydrogen-bond acceptors (Lipinski definition) is 11. The first-order valence-corrected chi connectivity index (χ1v) is 52.0. The van der Waals surface area contributed by atoms with Gasteiger partial charge in [-0.2, -0.15) is 0 Å². The molecule has 3 aliphatic carbocycles. The van der Waals surface area contributed by atoms with Gasteiger partial charge < -0.3 is 0 Å². The van der Waals surface area contributed by atoms with Crippen molar-refractivity contribution in [1.29, 1.82) is 0 Å². The van der Waals surface area contributed by atoms with E-state index in [0.717, 1.165) is 77.0 Å². The number of thiophene rings is 3. The first kappa shape index (κ1) is 85.2. The highest BCUT2D eigenvalue weighted by Gasteiger charge is 2.34. The third kappa shape index (κ3) is 14.4. The fraction of sp³-hybridized carbons (Fsp3) is 0. The molecule has 28 aromatic rings. The molecule has 0 unspecified atom stereocenters. The summed E-state index contributed by atoms with van der Waals surface area (Å²) in [6.07, 6.45) is 0. The molecule has 3 aliphatic rings. The van der Waals surface area contributed by atoms with Crippen LogP contribution in [0.2, 0.25) is 0 Å². The van der Waals surface area contributed by atoms with Crippen molar-refractivity contribution in [1.82, 2.24) is 39.9 Å². The van der Waals surface area contributed by atoms with Gasteiger partial charge in [0, 0.05) is 107 Å². The van der Waals surface area contributed by atoms with Crippen LogP contribution in [-0.4, -0.2) is 39.9 Å². The average molecular weight is 1920 g/mol. The van der Waals surface area contributed by atoms with E-state index in [9.17, 15) is 0 Å². The van der Waals surface area contributed by atoms with Crippen molar-refractivity contribution in [2.45, 2.75) is 0 Å². The van der Waals surface area contributed by atoms with Crippen LogP contribution in [0.4, 0.5) is 0 Å². The number of nitrogens with zero attached hydrogens (tertiary/aromatic N) is 8. The Hall–Kier alpha value is -18.6. The Morgan fingerprint density at radius 2 is 0.422 bits per heavy atom. The highest BCUT2D eigenvalue weighted by Crippen LogP contribution is 2.61. The zero-order valence-electron chi connectivity index (χ0n) is 79.0. The highest BCUT2D eigenvalue weighted by molar-refractivity contribution is 7.25. The van der Waals surface area contributed by atoms with Gasteiger partial charge in [0.05, 0.1) is 16.1 Å². The highest BCUT2D eigenvalue weighted by atomic mass is 32.1. The molecule has 147 heavy (non-hydrogen) atoms. The fourth-order valence-electron chi connectivity index (χ4n) is 22.5. The maximum Gasteiger partial charge on any atom is 0.171 e. The molecule has 0 amide bonds. The topological polar surface area (TPSA) is 103 Å². The predicted octanol–water partition coefficient (Wildman–Crippen LogP) is 37.4. The second-order valence-corrected chi connectivity index (χ2v) is 40.6. The van der Waals surface area contributed by atoms with Crippen LogP contribution < -0.4 is 0 Å². The van der Waals surface area contributed by atoms with E-state index in [1.54, 1.807) is 0 Å². The number of hydrogen-bond donors (Lipinski definition) is 0. The van der Waals surface area contributed by atoms with Crippen LogP contribution in [0.5, 0.6) is 0 Å². The lowest BCUT2D eigenvalue weighted by molar-refractivity contribution is 1.07. The summed E-state index contributed by atoms with van der Waals surface area (Å²) in [4.78, 5) is 44.5. The number of para-hydroxylation sites is 1. The number of benzene rings is 22. The van der Waals surface area contributed by atoms with E-state index in [0.29, 0.717) is 34.9 Å². The van der Waals surface area contributed by atoms with Gasteiger partial charge in [-0.3, -0.25) is 0 Å². The van der Waals surface area contributed by atoms with Gasteiger partial charge in [0.25, 0.3) is 0 Å². The van der Waals surface area contributed by atoms with Crippen molar-refractivity contribution in [3.63, 3.8) is 0 Å². The Morgan fingerprint density at radius 1 is 0.136 bits per heavy atom. The molecule has 0 spiro atoms. The minimum atomic E-state index is 0.650. The number of rotatable bonds is 10. The van der Waals surface area contributed by atoms with Gasteiger partial charge in [0.15, 0.2) is 40.8 Å². The van der Waals surface area contributed by atoms with Crippen LogP contribution in [0.3, 0.4) is 0 Å². The summed E-state index contributed by atoms with van der Waals surface area (Å²) >= 11 is 5.62. The van der Waals surface area contributed by atoms with Gasteiger partial charge in [0.1, 0.15) is 0 Å². The Bertz CT molecular complexity index is 10200. The van der Waals surface area contributed by atoms with E-state index in [1.807, 2.05) is 88.6 Å². The first-order valence-electron chi connectivity index (χ1n) is 49.6. The maximum absolute atomic E-state index is 5.33. The van der Waals surface area contributed by atoms with Gasteiger partial charge in [0.2, 0.25) is 0 Å². The average Bonchev–Trinajstić information content (AvgIpc) is 1.56. The van der Waals surface area contributed by atoms with E-state index >= 15 is 0 Å². The van der Waals surface area contributed by atoms with Crippen LogP contribution in [-0.2, 0) is 0 Å². The molecular weight excluding hydrogens is 1840 g/mol. The van der Waals surface area contributed by atoms with Gasteiger partial charge in [-0.05, 0) is 179 Å². The molecule has 6 aromatic heterocycles. The molecule has 0 saturated heterocycles. The predicted molar refractivity (Wildman–Crippen MR) is 617 cm³/mol. The molecule has 31 rings (SSSR count). The number of aromatic nitrogens is 8. The Labute approximate surface area is 858 Å². The summed E-state index contributed by atoms with van der Waals surface area (Å²) in [5.74, 6) is 4.70. The molecule has 0 fully saturated rings. The minimum absolute atomic E-state index is 0.650. The Kier molecular flexibility index (Phi) is 20.4. The summed E-state index contributed by atoms with van der Waals surface area (Å²) in [5.41, 5.74) is 34.0. The normalized spacial score (nSPS) is 11.8. The monoisotopic (exact) mass is 1920 g/mol. The second kappa shape index (κ2) is 35.2. The van der Waals surface area contributed by atoms with Gasteiger partial charge >= 0.3 is 0 Å². The third-order valence-electron chi connectivity index (χ3n) is 29.2. The van der Waals surface area contributed by atoms with Crippen LogP contribution in [0.25, 0.3) is 306 Å². The quantitative estimate of drug-likeness (QED) is 0.133. The summed E-state index contributed by atoms with van der Waals surface area (Å²) in [7, 11) is 0. The van der Waals surface area contributed by atoms with Crippen molar-refractivity contribution in [3.05, 3.63) is 485 Å². The lowest BCUT2D eigenvalue weighted by Crippen LogP contribution is -2.00. The summed E-state index contributed by atoms with van der Waals surface area (Å²) in [6, 6.07) is 173. The SMILES string of the molecule is c1ccc(-c2nc(-c3ccc(-c4sc5c6c(cc7ccccc75)-c5ccccc5-c5ccccc5-c46)cc3)nc(-c3ccc4ccccc4c3)n2)cc1.c1ccc(-c2nc(-c3ccccc3)nc(-c3ccc(-c4sc5c6c(cc7ccccc75)-c5ccccc5-c5ccccc5-c46)c4ccccc34)n2)cc1.c1ccc(-c2nc(-c3sc4c5c(cc6ccccc64)-c4ccccc4-c4ccccc4-c35)nc3ccccc23)cc1. The number of fused-ring (bicyclic) bond motifs is 24. The molecule has 0 radical (unpaired) electrons. The molecule has 6 heterocycles. The second-order valence-electron chi connectivity index (χ2n) is 37.6. The minimum Gasteiger partial charge on any atom is -0.227 e. The van der Waals surface area contributed by atoms with Crippen LogP contribution in [0.15, 0.2) is 485 Å². The molecule has 8 nitrogen and oxygen atoms in total. The van der Waals surface area contributed by atoms with Gasteiger partial charge in [-0.25, -0.2) is 39.9 Å². The summed E-state index contributed by atoms with van der Waals surface area (Å²) in [6.45, 7) is 0. The molecule has 682 valence electrons. The molecule has 11 heteroatoms. The van der Waals surface area contributed by atoms with Crippen LogP contribution in [0, 0.1) is 0 Å². The van der Waals surface area contributed by atoms with Crippen molar-refractivity contribution in [2.24, 2.45) is 0 Å². The fourth-order valence-corrected chi connectivity index (χ4v) is 26.6. The van der Waals surface area contributed by atoms with E-state index in [2.05, 4.69) is 431 Å². The van der Waals surface area contributed by atoms with Crippen molar-refractivity contribution in [2.75, 3.05) is 0 Å². The zero-order chi connectivity index (χ0) is 96.7. The van der Waals surface area contributed by atoms with Gasteiger partial charge in [-0.15, -0.1) is 34.0 Å². The maximum atomic E-state index is 5.33. The molecule has 0 saturated carbocycles. The van der Waals surface area contributed by atoms with Crippen LogP contribution in [0.1, 0.15) is 0 Å². The van der Waals surface area contributed by atoms with E-state index in [1.165, 1.54) is 194 Å². The van der Waals surface area contributed by atoms with E-state index in [-0.39, 0.29) is 0 Å². The zero-order valence-corrected chi connectivity index (χ0v) is 81.4. The Morgan fingerprint density at radius 3 is 0.864 bits per heavy atom. The molecule has 22 aromatic carbocycles. The van der Waals surface area contributed by atoms with Crippen molar-refractivity contribution < 1.29 is 0 Å². The van der Waals surface area contributed by atoms with Crippen LogP contribution >= 0.6 is 34.0 Å². The molecule has 0 aliphatic heterocycles. The lowest BCUT2D eigenvalue weighted by atomic mass is 9.91. The smallest absolute Gasteiger partial charge is 0.171 e. The molecule has 0 bridgehead atoms. The van der Waals surface area contributed by atoms with Gasteiger partial charge in [-0.1, -0.05) is 449 Å². The summed E-state index contributed by atoms with van der Waals surface area (Å²) < 4.78 is 3.93. The largest absolute Gasteiger partial charge is 0.227 e. The lowest BCUT2D eigenvalue weighted by Gasteiger charge is -2.14. The standard InChI is InChI=1S/2C49H29N3S.C38H22N2S/c1-3-15-30(16-4-1)47-50-48(31-17-5-2-6-18-31)52-49(51-47)41-28-27-40(36-23-10-11-24-37(36)41)46-43-39-26-14-13-22-35(39)34-21-9-12-25-38(34)42-29-32-19-7-8-20-33(32)45(53-46)44(42)43;1-2-13-32(14-3-1)47-50-48(52-49(51-47)36-27-22-30-12-4-5-15-34(30)28-36)33-25-23-31(24-26-33)45-43-41-21-11-10-19-39(41)38-18-8-9-20-40(38)42-29-35-16-6-7-17-37(35)46(53-45)44(42)43;1-2-12-23(13-3-1)35-30-20-10-11-21-32(30)39-38(40-35)37-33-29-19-9-8-17-27(29)26-16-6-7-18-28(26)31-22-24-14-4-5-15-25(24)36(41-37)34(31)33/h2*1-29H;1-22H. The molecular formula is C136H80N8S3. The van der Waals surface area contributed by atoms with Crippen molar-refractivity contribution in [3.8, 4) is 211 Å². The molecule has 0 N–H and O–H groups in total. The van der Waals surface area contributed by atoms with E-state index < -0.39 is 0 Å². The third-order valence-corrected chi connectivity index (χ3v) is 33.0. The summed E-state index contributed by atoms with van der Waals surface area (Å²) in [5, 5.41) is 17.2.